The summed E-state index contributed by atoms with van der Waals surface area (Å²) >= 11 is 0. The summed E-state index contributed by atoms with van der Waals surface area (Å²) in [4.78, 5) is 13.5. The third kappa shape index (κ3) is 3.60. The first kappa shape index (κ1) is 18.4. The van der Waals surface area contributed by atoms with E-state index in [9.17, 15) is 10.1 Å². The highest BCUT2D eigenvalue weighted by atomic mass is 16.2. The maximum absolute atomic E-state index is 11.7. The molecule has 4 heterocycles. The van der Waals surface area contributed by atoms with E-state index in [1.54, 1.807) is 26.5 Å². The largest absolute Gasteiger partial charge is 0.335 e. The van der Waals surface area contributed by atoms with Gasteiger partial charge in [-0.1, -0.05) is 24.8 Å². The summed E-state index contributed by atoms with van der Waals surface area (Å²) in [5.41, 5.74) is 5.32. The number of nitriles is 1. The summed E-state index contributed by atoms with van der Waals surface area (Å²) in [7, 11) is 1.88. The minimum atomic E-state index is -0.0481. The van der Waals surface area contributed by atoms with Crippen LogP contribution in [-0.4, -0.2) is 43.3 Å². The highest BCUT2D eigenvalue weighted by Gasteiger charge is 2.14. The van der Waals surface area contributed by atoms with E-state index in [4.69, 9.17) is 0 Å². The quantitative estimate of drug-likeness (QED) is 0.648. The Hall–Kier alpha value is -3.92. The third-order valence-corrected chi connectivity index (χ3v) is 5.01. The monoisotopic (exact) mass is 384 g/mol. The zero-order valence-electron chi connectivity index (χ0n) is 16.1. The Labute approximate surface area is 168 Å². The molecule has 0 unspecified atom stereocenters. The zero-order valence-corrected chi connectivity index (χ0v) is 16.1. The van der Waals surface area contributed by atoms with Crippen LogP contribution >= 0.6 is 0 Å². The molecule has 3 aromatic rings. The van der Waals surface area contributed by atoms with Gasteiger partial charge in [-0.05, 0) is 24.1 Å². The van der Waals surface area contributed by atoms with Crippen LogP contribution in [0.1, 0.15) is 17.5 Å². The van der Waals surface area contributed by atoms with Crippen molar-refractivity contribution >= 4 is 17.5 Å². The van der Waals surface area contributed by atoms with E-state index in [0.29, 0.717) is 18.7 Å². The number of allylic oxidation sites excluding steroid dienone is 1. The van der Waals surface area contributed by atoms with E-state index >= 15 is 0 Å². The van der Waals surface area contributed by atoms with Gasteiger partial charge in [-0.3, -0.25) is 9.48 Å². The summed E-state index contributed by atoms with van der Waals surface area (Å²) in [6, 6.07) is 4.26. The summed E-state index contributed by atoms with van der Waals surface area (Å²) in [5, 5.41) is 18.0. The summed E-state index contributed by atoms with van der Waals surface area (Å²) in [6.45, 7) is 4.78. The molecule has 3 aromatic heterocycles. The topological polar surface area (TPSA) is 79.2 Å². The number of hydrogen-bond donors (Lipinski definition) is 0. The van der Waals surface area contributed by atoms with Crippen molar-refractivity contribution in [3.63, 3.8) is 0 Å². The lowest BCUT2D eigenvalue weighted by atomic mass is 10.0. The van der Waals surface area contributed by atoms with Crippen molar-refractivity contribution in [1.29, 1.82) is 5.26 Å². The third-order valence-electron chi connectivity index (χ3n) is 5.01. The number of amides is 1. The Balaban J connectivity index is 1.70. The molecular weight excluding hydrogens is 364 g/mol. The standard InChI is InChI=1S/C22H20N6O/c1-3-21(29)27-8-6-16(7-9-27)4-5-17-10-18(20-13-24-26(2)14-20)15-28-22(17)19(11-23)12-25-28/h3-6,10,12-15H,1,7-9H2,2H3/b5-4+. The van der Waals surface area contributed by atoms with E-state index in [-0.39, 0.29) is 5.91 Å². The van der Waals surface area contributed by atoms with Crippen LogP contribution in [0.25, 0.3) is 22.7 Å². The fraction of sp³-hybridized carbons (Fsp3) is 0.182. The fourth-order valence-electron chi connectivity index (χ4n) is 3.45. The molecule has 0 saturated carbocycles. The number of carbonyl (C=O) groups is 1. The molecule has 0 aliphatic carbocycles. The summed E-state index contributed by atoms with van der Waals surface area (Å²) < 4.78 is 3.49. The molecule has 1 aliphatic rings. The van der Waals surface area contributed by atoms with Crippen molar-refractivity contribution in [1.82, 2.24) is 24.3 Å². The molecule has 0 atom stereocenters. The van der Waals surface area contributed by atoms with Crippen LogP contribution in [0, 0.1) is 11.3 Å². The number of fused-ring (bicyclic) bond motifs is 1. The van der Waals surface area contributed by atoms with Crippen molar-refractivity contribution in [2.75, 3.05) is 13.1 Å². The van der Waals surface area contributed by atoms with Crippen molar-refractivity contribution in [3.05, 3.63) is 72.4 Å². The molecule has 29 heavy (non-hydrogen) atoms. The molecule has 4 rings (SSSR count). The lowest BCUT2D eigenvalue weighted by Gasteiger charge is -2.24. The van der Waals surface area contributed by atoms with Gasteiger partial charge in [0.15, 0.2) is 0 Å². The van der Waals surface area contributed by atoms with Crippen LogP contribution in [0.3, 0.4) is 0 Å². The minimum absolute atomic E-state index is 0.0481. The SMILES string of the molecule is C=CC(=O)N1CC=C(/C=C/c2cc(-c3cnn(C)c3)cn3ncc(C#N)c23)CC1. The van der Waals surface area contributed by atoms with Gasteiger partial charge in [0, 0.05) is 49.2 Å². The van der Waals surface area contributed by atoms with Crippen molar-refractivity contribution in [3.8, 4) is 17.2 Å². The average molecular weight is 384 g/mol. The molecular formula is C22H20N6O. The van der Waals surface area contributed by atoms with Gasteiger partial charge < -0.3 is 4.90 Å². The number of aryl methyl sites for hydroxylation is 1. The number of pyridine rings is 1. The molecule has 0 aromatic carbocycles. The van der Waals surface area contributed by atoms with E-state index in [1.165, 1.54) is 6.08 Å². The molecule has 144 valence electrons. The fourth-order valence-corrected chi connectivity index (χ4v) is 3.45. The van der Waals surface area contributed by atoms with Crippen LogP contribution in [-0.2, 0) is 11.8 Å². The van der Waals surface area contributed by atoms with Gasteiger partial charge in [-0.15, -0.1) is 0 Å². The second-order valence-corrected chi connectivity index (χ2v) is 6.90. The van der Waals surface area contributed by atoms with E-state index in [2.05, 4.69) is 22.8 Å². The molecule has 7 nitrogen and oxygen atoms in total. The molecule has 0 bridgehead atoms. The summed E-state index contributed by atoms with van der Waals surface area (Å²) in [5.74, 6) is -0.0481. The molecule has 0 radical (unpaired) electrons. The number of carbonyl (C=O) groups excluding carboxylic acids is 1. The van der Waals surface area contributed by atoms with Crippen LogP contribution in [0.4, 0.5) is 0 Å². The van der Waals surface area contributed by atoms with Crippen molar-refractivity contribution < 1.29 is 4.79 Å². The number of nitrogens with zero attached hydrogens (tertiary/aromatic N) is 6. The smallest absolute Gasteiger partial charge is 0.246 e. The lowest BCUT2D eigenvalue weighted by molar-refractivity contribution is -0.125. The van der Waals surface area contributed by atoms with Gasteiger partial charge in [0.05, 0.1) is 23.5 Å². The number of rotatable bonds is 4. The predicted octanol–water partition coefficient (Wildman–Crippen LogP) is 2.96. The summed E-state index contributed by atoms with van der Waals surface area (Å²) in [6.07, 6.45) is 15.5. The second kappa shape index (κ2) is 7.60. The van der Waals surface area contributed by atoms with Crippen LogP contribution in [0.15, 0.2) is 61.2 Å². The van der Waals surface area contributed by atoms with Crippen LogP contribution in [0.2, 0.25) is 0 Å². The molecule has 7 heteroatoms. The minimum Gasteiger partial charge on any atom is -0.335 e. The number of hydrogen-bond acceptors (Lipinski definition) is 4. The highest BCUT2D eigenvalue weighted by molar-refractivity contribution is 5.87. The Kier molecular flexibility index (Phi) is 4.83. The molecule has 1 amide bonds. The Bertz CT molecular complexity index is 1200. The highest BCUT2D eigenvalue weighted by Crippen LogP contribution is 2.26. The second-order valence-electron chi connectivity index (χ2n) is 6.90. The molecule has 0 fully saturated rings. The maximum Gasteiger partial charge on any atom is 0.246 e. The van der Waals surface area contributed by atoms with Gasteiger partial charge in [0.25, 0.3) is 0 Å². The van der Waals surface area contributed by atoms with Gasteiger partial charge in [-0.25, -0.2) is 4.52 Å². The zero-order chi connectivity index (χ0) is 20.4. The van der Waals surface area contributed by atoms with E-state index < -0.39 is 0 Å². The maximum atomic E-state index is 11.7. The normalized spacial score (nSPS) is 14.2. The Morgan fingerprint density at radius 3 is 2.76 bits per heavy atom. The Morgan fingerprint density at radius 1 is 1.24 bits per heavy atom. The first-order valence-corrected chi connectivity index (χ1v) is 9.28. The van der Waals surface area contributed by atoms with Gasteiger partial charge in [0.1, 0.15) is 6.07 Å². The molecule has 0 spiro atoms. The molecule has 1 aliphatic heterocycles. The molecule has 0 N–H and O–H groups in total. The predicted molar refractivity (Wildman–Crippen MR) is 111 cm³/mol. The first-order chi connectivity index (χ1) is 14.1. The van der Waals surface area contributed by atoms with Crippen LogP contribution in [0.5, 0.6) is 0 Å². The van der Waals surface area contributed by atoms with Crippen LogP contribution < -0.4 is 0 Å². The van der Waals surface area contributed by atoms with Crippen molar-refractivity contribution in [2.45, 2.75) is 6.42 Å². The van der Waals surface area contributed by atoms with Gasteiger partial charge in [0.2, 0.25) is 5.91 Å². The van der Waals surface area contributed by atoms with Gasteiger partial charge >= 0.3 is 0 Å². The number of aromatic nitrogens is 4. The lowest BCUT2D eigenvalue weighted by Crippen LogP contribution is -2.33. The average Bonchev–Trinajstić information content (AvgIpc) is 3.37. The van der Waals surface area contributed by atoms with Gasteiger partial charge in [-0.2, -0.15) is 15.5 Å². The van der Waals surface area contributed by atoms with Crippen molar-refractivity contribution in [2.24, 2.45) is 7.05 Å². The van der Waals surface area contributed by atoms with E-state index in [1.807, 2.05) is 43.7 Å². The first-order valence-electron chi connectivity index (χ1n) is 9.28. The molecule has 0 saturated heterocycles. The Morgan fingerprint density at radius 2 is 2.10 bits per heavy atom. The van der Waals surface area contributed by atoms with E-state index in [0.717, 1.165) is 34.2 Å².